The van der Waals surface area contributed by atoms with Crippen molar-refractivity contribution < 1.29 is 4.39 Å². The molecule has 0 saturated carbocycles. The molecule has 0 radical (unpaired) electrons. The SMILES string of the molecule is O=c1c2cnc3ccc(N4CCN(c5ccc(F)cc5)CC4)nc3c2[nH]n1-c1ccccc1. The summed E-state index contributed by atoms with van der Waals surface area (Å²) in [5.41, 5.74) is 3.73. The number of hydrogen-bond donors (Lipinski definition) is 1. The number of hydrogen-bond acceptors (Lipinski definition) is 5. The fourth-order valence-electron chi connectivity index (χ4n) is 4.39. The fourth-order valence-corrected chi connectivity index (χ4v) is 4.39. The van der Waals surface area contributed by atoms with Crippen molar-refractivity contribution in [1.29, 1.82) is 0 Å². The molecule has 2 aromatic carbocycles. The number of para-hydroxylation sites is 1. The number of halogens is 1. The fraction of sp³-hybridized carbons (Fsp3) is 0.160. The minimum Gasteiger partial charge on any atom is -0.368 e. The van der Waals surface area contributed by atoms with E-state index in [1.54, 1.807) is 6.20 Å². The number of H-pyrrole nitrogens is 1. The summed E-state index contributed by atoms with van der Waals surface area (Å²) in [6.45, 7) is 3.21. The van der Waals surface area contributed by atoms with Gasteiger partial charge in [0.05, 0.1) is 22.1 Å². The molecule has 0 unspecified atom stereocenters. The van der Waals surface area contributed by atoms with Gasteiger partial charge in [0.2, 0.25) is 0 Å². The van der Waals surface area contributed by atoms with Crippen LogP contribution < -0.4 is 15.4 Å². The summed E-state index contributed by atoms with van der Waals surface area (Å²) in [7, 11) is 0. The van der Waals surface area contributed by atoms with Crippen molar-refractivity contribution >= 4 is 33.4 Å². The average molecular weight is 440 g/mol. The van der Waals surface area contributed by atoms with E-state index in [1.807, 2.05) is 54.6 Å². The van der Waals surface area contributed by atoms with Crippen LogP contribution in [-0.4, -0.2) is 45.9 Å². The molecule has 1 N–H and O–H groups in total. The third-order valence-electron chi connectivity index (χ3n) is 6.17. The standard InChI is InChI=1S/C25H21FN6O/c26-17-6-8-18(9-7-17)30-12-14-31(15-13-30)22-11-10-21-24(28-22)23-20(16-27-21)25(33)32(29-23)19-4-2-1-3-5-19/h1-11,16,29H,12-15H2. The van der Waals surface area contributed by atoms with E-state index in [9.17, 15) is 9.18 Å². The van der Waals surface area contributed by atoms with Gasteiger partial charge in [-0.3, -0.25) is 14.9 Å². The summed E-state index contributed by atoms with van der Waals surface area (Å²) < 4.78 is 14.8. The molecule has 3 aromatic heterocycles. The largest absolute Gasteiger partial charge is 0.368 e. The number of aromatic nitrogens is 4. The van der Waals surface area contributed by atoms with Crippen molar-refractivity contribution in [3.63, 3.8) is 0 Å². The van der Waals surface area contributed by atoms with Crippen molar-refractivity contribution in [1.82, 2.24) is 19.7 Å². The van der Waals surface area contributed by atoms with E-state index in [0.717, 1.165) is 48.9 Å². The highest BCUT2D eigenvalue weighted by Gasteiger charge is 2.20. The Bertz CT molecular complexity index is 1500. The maximum Gasteiger partial charge on any atom is 0.280 e. The smallest absolute Gasteiger partial charge is 0.280 e. The minimum absolute atomic E-state index is 0.147. The summed E-state index contributed by atoms with van der Waals surface area (Å²) in [4.78, 5) is 26.8. The summed E-state index contributed by atoms with van der Waals surface area (Å²) in [6, 6.07) is 20.0. The molecule has 1 aliphatic rings. The molecule has 6 rings (SSSR count). The number of fused-ring (bicyclic) bond motifs is 3. The van der Waals surface area contributed by atoms with Gasteiger partial charge < -0.3 is 9.80 Å². The highest BCUT2D eigenvalue weighted by Crippen LogP contribution is 2.24. The Hall–Kier alpha value is -4.20. The van der Waals surface area contributed by atoms with Crippen molar-refractivity contribution in [2.75, 3.05) is 36.0 Å². The van der Waals surface area contributed by atoms with Gasteiger partial charge in [0.1, 0.15) is 17.2 Å². The van der Waals surface area contributed by atoms with Gasteiger partial charge in [-0.25, -0.2) is 14.1 Å². The molecule has 0 atom stereocenters. The van der Waals surface area contributed by atoms with E-state index in [2.05, 4.69) is 19.9 Å². The Kier molecular flexibility index (Phi) is 4.57. The van der Waals surface area contributed by atoms with Crippen molar-refractivity contribution in [2.24, 2.45) is 0 Å². The molecular weight excluding hydrogens is 419 g/mol. The van der Waals surface area contributed by atoms with E-state index in [1.165, 1.54) is 16.8 Å². The zero-order valence-corrected chi connectivity index (χ0v) is 17.8. The summed E-state index contributed by atoms with van der Waals surface area (Å²) in [5, 5.41) is 3.74. The number of benzene rings is 2. The first kappa shape index (κ1) is 19.5. The Labute approximate surface area is 188 Å². The molecule has 5 aromatic rings. The van der Waals surface area contributed by atoms with Crippen LogP contribution in [0.2, 0.25) is 0 Å². The maximum atomic E-state index is 13.2. The predicted octanol–water partition coefficient (Wildman–Crippen LogP) is 3.73. The van der Waals surface area contributed by atoms with Crippen molar-refractivity contribution in [3.05, 3.63) is 89.1 Å². The van der Waals surface area contributed by atoms with Gasteiger partial charge in [0.15, 0.2) is 0 Å². The molecule has 33 heavy (non-hydrogen) atoms. The number of nitrogens with zero attached hydrogens (tertiary/aromatic N) is 5. The third-order valence-corrected chi connectivity index (χ3v) is 6.17. The normalized spacial score (nSPS) is 14.3. The molecular formula is C25H21FN6O. The predicted molar refractivity (Wildman–Crippen MR) is 128 cm³/mol. The Balaban J connectivity index is 1.33. The topological polar surface area (TPSA) is 70.1 Å². The molecule has 164 valence electrons. The van der Waals surface area contributed by atoms with Gasteiger partial charge in [-0.15, -0.1) is 0 Å². The monoisotopic (exact) mass is 440 g/mol. The molecule has 1 saturated heterocycles. The van der Waals surface area contributed by atoms with E-state index < -0.39 is 0 Å². The van der Waals surface area contributed by atoms with Gasteiger partial charge >= 0.3 is 0 Å². The molecule has 0 bridgehead atoms. The van der Waals surface area contributed by atoms with Gasteiger partial charge in [0.25, 0.3) is 5.56 Å². The number of aromatic amines is 1. The lowest BCUT2D eigenvalue weighted by Gasteiger charge is -2.36. The first-order chi connectivity index (χ1) is 16.2. The summed E-state index contributed by atoms with van der Waals surface area (Å²) >= 11 is 0. The first-order valence-corrected chi connectivity index (χ1v) is 10.9. The number of pyridine rings is 2. The lowest BCUT2D eigenvalue weighted by atomic mass is 10.2. The third kappa shape index (κ3) is 3.40. The van der Waals surface area contributed by atoms with Crippen LogP contribution in [0.4, 0.5) is 15.9 Å². The van der Waals surface area contributed by atoms with E-state index in [-0.39, 0.29) is 11.4 Å². The molecule has 4 heterocycles. The van der Waals surface area contributed by atoms with E-state index >= 15 is 0 Å². The van der Waals surface area contributed by atoms with Gasteiger partial charge in [0, 0.05) is 38.1 Å². The second-order valence-corrected chi connectivity index (χ2v) is 8.12. The molecule has 1 fully saturated rings. The highest BCUT2D eigenvalue weighted by atomic mass is 19.1. The molecule has 0 amide bonds. The summed E-state index contributed by atoms with van der Waals surface area (Å²) in [5.74, 6) is 0.626. The average Bonchev–Trinajstić information content (AvgIpc) is 3.22. The highest BCUT2D eigenvalue weighted by molar-refractivity contribution is 6.00. The van der Waals surface area contributed by atoms with Crippen LogP contribution in [0.3, 0.4) is 0 Å². The zero-order chi connectivity index (χ0) is 22.4. The second kappa shape index (κ2) is 7.74. The summed E-state index contributed by atoms with van der Waals surface area (Å²) in [6.07, 6.45) is 1.61. The molecule has 7 nitrogen and oxygen atoms in total. The first-order valence-electron chi connectivity index (χ1n) is 10.9. The van der Waals surface area contributed by atoms with Crippen LogP contribution in [0.1, 0.15) is 0 Å². The van der Waals surface area contributed by atoms with E-state index in [0.29, 0.717) is 16.4 Å². The van der Waals surface area contributed by atoms with Crippen molar-refractivity contribution in [2.45, 2.75) is 0 Å². The van der Waals surface area contributed by atoms with Crippen LogP contribution in [0, 0.1) is 5.82 Å². The number of anilines is 2. The van der Waals surface area contributed by atoms with Crippen LogP contribution >= 0.6 is 0 Å². The van der Waals surface area contributed by atoms with Crippen LogP contribution in [0.15, 0.2) is 77.7 Å². The minimum atomic E-state index is -0.225. The number of piperazine rings is 1. The Morgan fingerprint density at radius 1 is 0.818 bits per heavy atom. The molecule has 8 heteroatoms. The molecule has 0 aliphatic carbocycles. The Morgan fingerprint density at radius 2 is 1.55 bits per heavy atom. The molecule has 0 spiro atoms. The number of rotatable bonds is 3. The second-order valence-electron chi connectivity index (χ2n) is 8.12. The van der Waals surface area contributed by atoms with Crippen molar-refractivity contribution in [3.8, 4) is 5.69 Å². The van der Waals surface area contributed by atoms with Crippen LogP contribution in [0.25, 0.3) is 27.6 Å². The van der Waals surface area contributed by atoms with Gasteiger partial charge in [-0.05, 0) is 48.5 Å². The van der Waals surface area contributed by atoms with E-state index in [4.69, 9.17) is 4.98 Å². The lowest BCUT2D eigenvalue weighted by Crippen LogP contribution is -2.46. The van der Waals surface area contributed by atoms with Gasteiger partial charge in [-0.2, -0.15) is 0 Å². The maximum absolute atomic E-state index is 13.2. The number of nitrogens with one attached hydrogen (secondary N) is 1. The van der Waals surface area contributed by atoms with Crippen LogP contribution in [-0.2, 0) is 0 Å². The van der Waals surface area contributed by atoms with Gasteiger partial charge in [-0.1, -0.05) is 18.2 Å². The zero-order valence-electron chi connectivity index (χ0n) is 17.8. The quantitative estimate of drug-likeness (QED) is 0.463. The lowest BCUT2D eigenvalue weighted by molar-refractivity contribution is 0.624. The van der Waals surface area contributed by atoms with Crippen LogP contribution in [0.5, 0.6) is 0 Å². The Morgan fingerprint density at radius 3 is 2.30 bits per heavy atom. The molecule has 1 aliphatic heterocycles.